The molecule has 148 valence electrons. The second kappa shape index (κ2) is 8.98. The molecule has 1 heterocycles. The fraction of sp³-hybridized carbons (Fsp3) is 0.300. The van der Waals surface area contributed by atoms with E-state index >= 15 is 0 Å². The molecule has 1 N–H and O–H groups in total. The average Bonchev–Trinajstić information content (AvgIpc) is 2.68. The molecule has 1 aromatic carbocycles. The summed E-state index contributed by atoms with van der Waals surface area (Å²) in [5.41, 5.74) is 0.987. The molecule has 0 unspecified atom stereocenters. The van der Waals surface area contributed by atoms with Crippen molar-refractivity contribution in [3.05, 3.63) is 68.5 Å². The number of aryl methyl sites for hydroxylation is 2. The van der Waals surface area contributed by atoms with Gasteiger partial charge in [-0.2, -0.15) is 0 Å². The lowest BCUT2D eigenvalue weighted by molar-refractivity contribution is -0.129. The number of aromatic nitrogens is 2. The predicted octanol–water partition coefficient (Wildman–Crippen LogP) is 0.757. The summed E-state index contributed by atoms with van der Waals surface area (Å²) in [7, 11) is 4.39. The monoisotopic (exact) mass is 384 g/mol. The normalized spacial score (nSPS) is 10.9. The van der Waals surface area contributed by atoms with E-state index in [1.807, 2.05) is 31.2 Å². The van der Waals surface area contributed by atoms with Crippen molar-refractivity contribution in [1.29, 1.82) is 0 Å². The number of amides is 2. The molecule has 2 amide bonds. The highest BCUT2D eigenvalue weighted by Crippen LogP contribution is 2.15. The molecule has 0 saturated heterocycles. The van der Waals surface area contributed by atoms with Crippen LogP contribution in [0.2, 0.25) is 0 Å². The summed E-state index contributed by atoms with van der Waals surface area (Å²) in [5.74, 6) is -0.752. The van der Waals surface area contributed by atoms with Crippen molar-refractivity contribution in [3.8, 4) is 0 Å². The van der Waals surface area contributed by atoms with Crippen molar-refractivity contribution in [2.75, 3.05) is 18.9 Å². The number of anilines is 1. The van der Waals surface area contributed by atoms with E-state index in [9.17, 15) is 19.2 Å². The Balaban J connectivity index is 2.05. The highest BCUT2D eigenvalue weighted by Gasteiger charge is 2.12. The molecule has 0 bridgehead atoms. The third-order valence-corrected chi connectivity index (χ3v) is 4.31. The summed E-state index contributed by atoms with van der Waals surface area (Å²) in [6, 6.07) is 7.48. The molecule has 0 aliphatic carbocycles. The van der Waals surface area contributed by atoms with Gasteiger partial charge in [-0.3, -0.25) is 19.0 Å². The fourth-order valence-corrected chi connectivity index (χ4v) is 2.67. The van der Waals surface area contributed by atoms with Gasteiger partial charge in [0.1, 0.15) is 0 Å². The summed E-state index contributed by atoms with van der Waals surface area (Å²) in [5, 5.41) is 2.80. The van der Waals surface area contributed by atoms with E-state index < -0.39 is 17.2 Å². The summed E-state index contributed by atoms with van der Waals surface area (Å²) in [6.07, 6.45) is 4.69. The van der Waals surface area contributed by atoms with Gasteiger partial charge in [0.15, 0.2) is 0 Å². The van der Waals surface area contributed by atoms with Crippen LogP contribution in [0.3, 0.4) is 0 Å². The molecular formula is C20H24N4O4. The molecule has 0 fully saturated rings. The number of hydrogen-bond acceptors (Lipinski definition) is 4. The zero-order valence-corrected chi connectivity index (χ0v) is 16.4. The van der Waals surface area contributed by atoms with Crippen molar-refractivity contribution >= 4 is 23.6 Å². The predicted molar refractivity (Wildman–Crippen MR) is 108 cm³/mol. The first kappa shape index (κ1) is 20.9. The van der Waals surface area contributed by atoms with E-state index in [4.69, 9.17) is 0 Å². The summed E-state index contributed by atoms with van der Waals surface area (Å²) < 4.78 is 2.22. The molecule has 0 radical (unpaired) electrons. The Morgan fingerprint density at radius 3 is 2.54 bits per heavy atom. The minimum absolute atomic E-state index is 0.132. The molecule has 8 heteroatoms. The maximum Gasteiger partial charge on any atom is 0.330 e. The molecule has 0 atom stereocenters. The summed E-state index contributed by atoms with van der Waals surface area (Å²) in [6.45, 7) is 1.86. The highest BCUT2D eigenvalue weighted by molar-refractivity contribution is 5.98. The number of benzene rings is 1. The third-order valence-electron chi connectivity index (χ3n) is 4.31. The minimum Gasteiger partial charge on any atom is -0.333 e. The SMILES string of the molecule is CCc1ccccc1NC(=O)CN(C)C(=O)/C=C/c1cn(C)c(=O)n(C)c1=O. The van der Waals surface area contributed by atoms with Gasteiger partial charge >= 0.3 is 5.69 Å². The Hall–Kier alpha value is -3.42. The summed E-state index contributed by atoms with van der Waals surface area (Å²) in [4.78, 5) is 49.5. The number of carbonyl (C=O) groups is 2. The standard InChI is InChI=1S/C20H24N4O4/c1-5-14-8-6-7-9-16(14)21-17(25)13-22(2)18(26)11-10-15-12-23(3)20(28)24(4)19(15)27/h6-12H,5,13H2,1-4H3,(H,21,25)/b11-10+. The van der Waals surface area contributed by atoms with Crippen LogP contribution in [-0.4, -0.2) is 39.4 Å². The Kier molecular flexibility index (Phi) is 6.70. The second-order valence-electron chi connectivity index (χ2n) is 6.43. The Morgan fingerprint density at radius 1 is 1.18 bits per heavy atom. The molecule has 0 saturated carbocycles. The van der Waals surface area contributed by atoms with Gasteiger partial charge in [0.05, 0.1) is 12.1 Å². The number of hydrogen-bond donors (Lipinski definition) is 1. The van der Waals surface area contributed by atoms with Crippen LogP contribution in [-0.2, 0) is 30.1 Å². The molecule has 1 aromatic heterocycles. The van der Waals surface area contributed by atoms with Crippen LogP contribution in [0.25, 0.3) is 6.08 Å². The van der Waals surface area contributed by atoms with Gasteiger partial charge in [-0.05, 0) is 24.1 Å². The van der Waals surface area contributed by atoms with Crippen LogP contribution < -0.4 is 16.6 Å². The van der Waals surface area contributed by atoms with E-state index in [0.29, 0.717) is 0 Å². The van der Waals surface area contributed by atoms with Crippen molar-refractivity contribution in [2.24, 2.45) is 14.1 Å². The molecule has 0 spiro atoms. The quantitative estimate of drug-likeness (QED) is 0.744. The first-order valence-corrected chi connectivity index (χ1v) is 8.82. The maximum absolute atomic E-state index is 12.3. The maximum atomic E-state index is 12.3. The van der Waals surface area contributed by atoms with Gasteiger partial charge in [0.2, 0.25) is 11.8 Å². The second-order valence-corrected chi connectivity index (χ2v) is 6.43. The van der Waals surface area contributed by atoms with Crippen LogP contribution in [0.5, 0.6) is 0 Å². The number of para-hydroxylation sites is 1. The molecule has 28 heavy (non-hydrogen) atoms. The Bertz CT molecular complexity index is 1030. The lowest BCUT2D eigenvalue weighted by Gasteiger charge is -2.16. The van der Waals surface area contributed by atoms with E-state index in [1.54, 1.807) is 0 Å². The first-order chi connectivity index (χ1) is 13.2. The summed E-state index contributed by atoms with van der Waals surface area (Å²) >= 11 is 0. The van der Waals surface area contributed by atoms with Crippen LogP contribution in [0, 0.1) is 0 Å². The van der Waals surface area contributed by atoms with Gasteiger partial charge in [0.25, 0.3) is 5.56 Å². The van der Waals surface area contributed by atoms with Gasteiger partial charge in [0, 0.05) is 39.1 Å². The van der Waals surface area contributed by atoms with E-state index in [1.165, 1.54) is 49.0 Å². The van der Waals surface area contributed by atoms with Gasteiger partial charge in [-0.25, -0.2) is 4.79 Å². The zero-order chi connectivity index (χ0) is 20.8. The average molecular weight is 384 g/mol. The van der Waals surface area contributed by atoms with Gasteiger partial charge < -0.3 is 14.8 Å². The third kappa shape index (κ3) is 4.85. The van der Waals surface area contributed by atoms with Crippen LogP contribution in [0.4, 0.5) is 5.69 Å². The fourth-order valence-electron chi connectivity index (χ4n) is 2.67. The highest BCUT2D eigenvalue weighted by atomic mass is 16.2. The molecule has 2 aromatic rings. The van der Waals surface area contributed by atoms with E-state index in [0.717, 1.165) is 22.2 Å². The molecule has 2 rings (SSSR count). The molecule has 0 aliphatic rings. The number of carbonyl (C=O) groups excluding carboxylic acids is 2. The topological polar surface area (TPSA) is 93.4 Å². The van der Waals surface area contributed by atoms with E-state index in [2.05, 4.69) is 5.32 Å². The van der Waals surface area contributed by atoms with Crippen molar-refractivity contribution in [3.63, 3.8) is 0 Å². The number of nitrogens with one attached hydrogen (secondary N) is 1. The van der Waals surface area contributed by atoms with Crippen LogP contribution in [0.15, 0.2) is 46.1 Å². The van der Waals surface area contributed by atoms with Gasteiger partial charge in [-0.1, -0.05) is 25.1 Å². The largest absolute Gasteiger partial charge is 0.333 e. The van der Waals surface area contributed by atoms with Gasteiger partial charge in [-0.15, -0.1) is 0 Å². The Labute approximate surface area is 162 Å². The number of rotatable bonds is 6. The number of likely N-dealkylation sites (N-methyl/N-ethyl adjacent to an activating group) is 1. The first-order valence-electron chi connectivity index (χ1n) is 8.82. The van der Waals surface area contributed by atoms with Crippen molar-refractivity contribution in [1.82, 2.24) is 14.0 Å². The number of nitrogens with zero attached hydrogens (tertiary/aromatic N) is 3. The smallest absolute Gasteiger partial charge is 0.330 e. The lowest BCUT2D eigenvalue weighted by atomic mass is 10.1. The van der Waals surface area contributed by atoms with Crippen LogP contribution >= 0.6 is 0 Å². The molecular weight excluding hydrogens is 360 g/mol. The van der Waals surface area contributed by atoms with Crippen LogP contribution in [0.1, 0.15) is 18.1 Å². The zero-order valence-electron chi connectivity index (χ0n) is 16.4. The van der Waals surface area contributed by atoms with Crippen molar-refractivity contribution < 1.29 is 9.59 Å². The minimum atomic E-state index is -0.497. The van der Waals surface area contributed by atoms with Crippen molar-refractivity contribution in [2.45, 2.75) is 13.3 Å². The molecule has 0 aliphatic heterocycles. The molecule has 8 nitrogen and oxygen atoms in total. The van der Waals surface area contributed by atoms with E-state index in [-0.39, 0.29) is 18.0 Å². The Morgan fingerprint density at radius 2 is 1.86 bits per heavy atom. The lowest BCUT2D eigenvalue weighted by Crippen LogP contribution is -2.37.